The molecule has 1 N–H and O–H groups in total. The lowest BCUT2D eigenvalue weighted by Gasteiger charge is -2.36. The van der Waals surface area contributed by atoms with E-state index in [1.807, 2.05) is 0 Å². The van der Waals surface area contributed by atoms with Gasteiger partial charge in [-0.1, -0.05) is 44.5 Å². The predicted octanol–water partition coefficient (Wildman–Crippen LogP) is 3.41. The van der Waals surface area contributed by atoms with Gasteiger partial charge in [-0.25, -0.2) is 0 Å². The summed E-state index contributed by atoms with van der Waals surface area (Å²) in [6.07, 6.45) is 4.76. The third-order valence-electron chi connectivity index (χ3n) is 6.11. The van der Waals surface area contributed by atoms with E-state index in [0.717, 1.165) is 25.7 Å². The van der Waals surface area contributed by atoms with Gasteiger partial charge in [-0.15, -0.1) is 0 Å². The second kappa shape index (κ2) is 9.35. The smallest absolute Gasteiger partial charge is 0.309 e. The van der Waals surface area contributed by atoms with Crippen molar-refractivity contribution in [2.75, 3.05) is 13.2 Å². The first kappa shape index (κ1) is 20.6. The van der Waals surface area contributed by atoms with Gasteiger partial charge in [0, 0.05) is 18.4 Å². The molecule has 1 amide bonds. The average Bonchev–Trinajstić information content (AvgIpc) is 2.66. The Morgan fingerprint density at radius 2 is 1.75 bits per heavy atom. The highest BCUT2D eigenvalue weighted by Gasteiger charge is 2.41. The monoisotopic (exact) mass is 385 g/mol. The van der Waals surface area contributed by atoms with Crippen LogP contribution in [-0.4, -0.2) is 30.8 Å². The van der Waals surface area contributed by atoms with Crippen LogP contribution >= 0.6 is 0 Å². The van der Waals surface area contributed by atoms with E-state index in [9.17, 15) is 14.4 Å². The van der Waals surface area contributed by atoms with Crippen molar-refractivity contribution in [1.82, 2.24) is 5.32 Å². The molecular weight excluding hydrogens is 354 g/mol. The third-order valence-corrected chi connectivity index (χ3v) is 6.11. The van der Waals surface area contributed by atoms with Gasteiger partial charge < -0.3 is 10.1 Å². The summed E-state index contributed by atoms with van der Waals surface area (Å²) in [5, 5.41) is 2.80. The zero-order chi connectivity index (χ0) is 20.1. The maximum Gasteiger partial charge on any atom is 0.309 e. The minimum atomic E-state index is -0.330. The molecule has 1 aromatic rings. The number of hydrogen-bond acceptors (Lipinski definition) is 4. The molecule has 28 heavy (non-hydrogen) atoms. The van der Waals surface area contributed by atoms with E-state index in [1.54, 1.807) is 0 Å². The zero-order valence-electron chi connectivity index (χ0n) is 16.9. The number of nitrogens with one attached hydrogen (secondary N) is 1. The molecule has 3 rings (SSSR count). The summed E-state index contributed by atoms with van der Waals surface area (Å²) >= 11 is 0. The van der Waals surface area contributed by atoms with Crippen LogP contribution in [0.3, 0.4) is 0 Å². The summed E-state index contributed by atoms with van der Waals surface area (Å²) in [6, 6.07) is 8.41. The molecule has 0 heterocycles. The van der Waals surface area contributed by atoms with Crippen LogP contribution in [0, 0.1) is 17.8 Å². The van der Waals surface area contributed by atoms with E-state index >= 15 is 0 Å². The van der Waals surface area contributed by atoms with Crippen LogP contribution < -0.4 is 5.32 Å². The Kier molecular flexibility index (Phi) is 6.87. The lowest BCUT2D eigenvalue weighted by molar-refractivity contribution is -0.156. The Morgan fingerprint density at radius 1 is 1.11 bits per heavy atom. The Morgan fingerprint density at radius 3 is 2.36 bits per heavy atom. The number of benzene rings is 1. The quantitative estimate of drug-likeness (QED) is 0.730. The molecule has 2 atom stereocenters. The first-order valence-electron chi connectivity index (χ1n) is 10.5. The fourth-order valence-electron chi connectivity index (χ4n) is 4.39. The number of ether oxygens (including phenoxy) is 1. The second-order valence-electron chi connectivity index (χ2n) is 8.50. The molecule has 0 spiro atoms. The van der Waals surface area contributed by atoms with Gasteiger partial charge in [0.25, 0.3) is 5.91 Å². The van der Waals surface area contributed by atoms with Crippen molar-refractivity contribution in [3.8, 4) is 0 Å². The van der Waals surface area contributed by atoms with Crippen molar-refractivity contribution in [3.63, 3.8) is 0 Å². The van der Waals surface area contributed by atoms with Gasteiger partial charge in [-0.2, -0.15) is 0 Å². The van der Waals surface area contributed by atoms with Gasteiger partial charge in [-0.3, -0.25) is 14.4 Å². The van der Waals surface area contributed by atoms with Gasteiger partial charge >= 0.3 is 5.97 Å². The number of hydrogen-bond donors (Lipinski definition) is 1. The lowest BCUT2D eigenvalue weighted by atomic mass is 9.67. The maximum atomic E-state index is 12.3. The summed E-state index contributed by atoms with van der Waals surface area (Å²) in [7, 11) is 0. The number of rotatable bonds is 7. The molecule has 0 radical (unpaired) electrons. The van der Waals surface area contributed by atoms with Crippen LogP contribution in [0.25, 0.3) is 0 Å². The molecule has 5 heteroatoms. The Hall–Kier alpha value is -2.17. The highest BCUT2D eigenvalue weighted by atomic mass is 16.5. The lowest BCUT2D eigenvalue weighted by Crippen LogP contribution is -2.40. The van der Waals surface area contributed by atoms with Crippen LogP contribution in [0.2, 0.25) is 0 Å². The summed E-state index contributed by atoms with van der Waals surface area (Å²) in [6.45, 7) is 4.59. The Balaban J connectivity index is 1.36. The van der Waals surface area contributed by atoms with Crippen molar-refractivity contribution < 1.29 is 19.1 Å². The van der Waals surface area contributed by atoms with E-state index in [4.69, 9.17) is 4.74 Å². The maximum absolute atomic E-state index is 12.3. The van der Waals surface area contributed by atoms with E-state index < -0.39 is 0 Å². The van der Waals surface area contributed by atoms with Crippen LogP contribution in [0.1, 0.15) is 63.0 Å². The number of ketones is 1. The van der Waals surface area contributed by atoms with Crippen molar-refractivity contribution in [1.29, 1.82) is 0 Å². The number of carbonyl (C=O) groups excluding carboxylic acids is 3. The molecular formula is C23H31NO4. The number of Topliss-reactive ketones (excluding diaryl/α,β-unsaturated/α-hetero) is 1. The van der Waals surface area contributed by atoms with Crippen LogP contribution in [-0.2, 0) is 25.5 Å². The van der Waals surface area contributed by atoms with E-state index in [1.165, 1.54) is 11.1 Å². The normalized spacial score (nSPS) is 24.1. The minimum absolute atomic E-state index is 0.0148. The molecule has 1 aromatic carbocycles. The number of amides is 1. The molecule has 152 valence electrons. The topological polar surface area (TPSA) is 72.5 Å². The van der Waals surface area contributed by atoms with Crippen molar-refractivity contribution >= 4 is 17.7 Å². The van der Waals surface area contributed by atoms with Crippen LogP contribution in [0.5, 0.6) is 0 Å². The molecule has 5 nitrogen and oxygen atoms in total. The zero-order valence-corrected chi connectivity index (χ0v) is 16.9. The summed E-state index contributed by atoms with van der Waals surface area (Å²) in [4.78, 5) is 36.4. The third kappa shape index (κ3) is 5.21. The average molecular weight is 386 g/mol. The molecule has 0 aliphatic heterocycles. The van der Waals surface area contributed by atoms with Gasteiger partial charge in [-0.05, 0) is 49.1 Å². The van der Waals surface area contributed by atoms with Crippen molar-refractivity contribution in [2.24, 2.45) is 17.8 Å². The molecule has 2 bridgehead atoms. The predicted molar refractivity (Wildman–Crippen MR) is 107 cm³/mol. The Bertz CT molecular complexity index is 694. The van der Waals surface area contributed by atoms with Gasteiger partial charge in [0.05, 0.1) is 5.92 Å². The standard InChI is InChI=1S/C23H31NO4/c1-15(2)17-8-6-16(7-9-17)10-11-24-21(25)14-28-23(27)20-12-18-4-3-5-19(13-20)22(18)26/h6-9,15,18-20H,3-5,10-14H2,1-2H3,(H,24,25). The van der Waals surface area contributed by atoms with Crippen molar-refractivity contribution in [3.05, 3.63) is 35.4 Å². The summed E-state index contributed by atoms with van der Waals surface area (Å²) in [5.41, 5.74) is 2.47. The highest BCUT2D eigenvalue weighted by molar-refractivity contribution is 5.87. The molecule has 2 aliphatic rings. The number of fused-ring (bicyclic) bond motifs is 2. The summed E-state index contributed by atoms with van der Waals surface area (Å²) < 4.78 is 5.23. The van der Waals surface area contributed by atoms with Crippen LogP contribution in [0.15, 0.2) is 24.3 Å². The molecule has 2 saturated carbocycles. The molecule has 2 fully saturated rings. The SMILES string of the molecule is CC(C)c1ccc(CCNC(=O)COC(=O)C2CC3CCCC(C2)C3=O)cc1. The van der Waals surface area contributed by atoms with E-state index in [0.29, 0.717) is 31.1 Å². The highest BCUT2D eigenvalue weighted by Crippen LogP contribution is 2.40. The molecule has 2 unspecified atom stereocenters. The van der Waals surface area contributed by atoms with Gasteiger partial charge in [0.2, 0.25) is 0 Å². The second-order valence-corrected chi connectivity index (χ2v) is 8.50. The van der Waals surface area contributed by atoms with E-state index in [2.05, 4.69) is 43.4 Å². The van der Waals surface area contributed by atoms with Gasteiger partial charge in [0.15, 0.2) is 6.61 Å². The molecule has 0 aromatic heterocycles. The Labute approximate surface area is 167 Å². The molecule has 0 saturated heterocycles. The van der Waals surface area contributed by atoms with Gasteiger partial charge in [0.1, 0.15) is 5.78 Å². The first-order valence-corrected chi connectivity index (χ1v) is 10.5. The fraction of sp³-hybridized carbons (Fsp3) is 0.609. The number of carbonyl (C=O) groups is 3. The first-order chi connectivity index (χ1) is 13.4. The fourth-order valence-corrected chi connectivity index (χ4v) is 4.39. The summed E-state index contributed by atoms with van der Waals surface area (Å²) in [5.74, 6) is 0.0185. The van der Waals surface area contributed by atoms with E-state index in [-0.39, 0.29) is 36.2 Å². The minimum Gasteiger partial charge on any atom is -0.455 e. The molecule has 2 aliphatic carbocycles. The largest absolute Gasteiger partial charge is 0.455 e. The van der Waals surface area contributed by atoms with Crippen molar-refractivity contribution in [2.45, 2.75) is 58.3 Å². The number of esters is 1. The van der Waals surface area contributed by atoms with Crippen LogP contribution in [0.4, 0.5) is 0 Å².